The van der Waals surface area contributed by atoms with Crippen molar-refractivity contribution in [2.75, 3.05) is 19.7 Å². The van der Waals surface area contributed by atoms with Crippen LogP contribution in [0.3, 0.4) is 0 Å². The third kappa shape index (κ3) is 13.9. The van der Waals surface area contributed by atoms with Crippen LogP contribution in [0.2, 0.25) is 0 Å². The first-order chi connectivity index (χ1) is 7.91. The monoisotopic (exact) mass is 229 g/mol. The lowest BCUT2D eigenvalue weighted by Crippen LogP contribution is -2.16. The maximum atomic E-state index is 8.62. The van der Waals surface area contributed by atoms with E-state index < -0.39 is 0 Å². The van der Waals surface area contributed by atoms with Gasteiger partial charge in [0.2, 0.25) is 0 Å². The summed E-state index contributed by atoms with van der Waals surface area (Å²) in [6.45, 7) is 4.98. The van der Waals surface area contributed by atoms with Crippen LogP contribution >= 0.6 is 0 Å². The Balaban J connectivity index is 2.83. The second kappa shape index (κ2) is 14.9. The van der Waals surface area contributed by atoms with Gasteiger partial charge in [0.15, 0.2) is 0 Å². The van der Waals surface area contributed by atoms with Crippen LogP contribution in [0.25, 0.3) is 0 Å². The van der Waals surface area contributed by atoms with E-state index in [-0.39, 0.29) is 0 Å². The molecule has 0 saturated carbocycles. The molecule has 0 radical (unpaired) electrons. The van der Waals surface area contributed by atoms with E-state index in [1.807, 2.05) is 0 Å². The molecule has 0 fully saturated rings. The minimum atomic E-state index is 0.357. The summed E-state index contributed by atoms with van der Waals surface area (Å²) in [4.78, 5) is 0. The molecule has 16 heavy (non-hydrogen) atoms. The molecule has 0 spiro atoms. The first kappa shape index (κ1) is 15.9. The highest BCUT2D eigenvalue weighted by Crippen LogP contribution is 2.02. The van der Waals surface area contributed by atoms with Crippen LogP contribution < -0.4 is 5.32 Å². The Morgan fingerprint density at radius 2 is 1.19 bits per heavy atom. The highest BCUT2D eigenvalue weighted by atomic mass is 16.2. The fraction of sp³-hybridized carbons (Fsp3) is 1.00. The number of hydrogen-bond donors (Lipinski definition) is 2. The summed E-state index contributed by atoms with van der Waals surface area (Å²) in [5, 5.41) is 12.1. The van der Waals surface area contributed by atoms with E-state index >= 15 is 0 Å². The molecule has 2 N–H and O–H groups in total. The van der Waals surface area contributed by atoms with Crippen molar-refractivity contribution >= 4 is 0 Å². The molecule has 0 aromatic heterocycles. The van der Waals surface area contributed by atoms with Gasteiger partial charge in [-0.05, 0) is 32.4 Å². The second-order valence-corrected chi connectivity index (χ2v) is 4.66. The van der Waals surface area contributed by atoms with Gasteiger partial charge >= 0.3 is 0 Å². The Morgan fingerprint density at radius 3 is 1.75 bits per heavy atom. The number of aliphatic hydroxyl groups is 1. The predicted octanol–water partition coefficient (Wildman–Crippen LogP) is 3.49. The topological polar surface area (TPSA) is 32.3 Å². The molecule has 98 valence electrons. The Kier molecular flexibility index (Phi) is 14.8. The van der Waals surface area contributed by atoms with Crippen molar-refractivity contribution in [1.82, 2.24) is 5.32 Å². The molecule has 0 unspecified atom stereocenters. The van der Waals surface area contributed by atoms with Gasteiger partial charge in [-0.3, -0.25) is 0 Å². The number of rotatable bonds is 13. The molecule has 0 atom stereocenters. The van der Waals surface area contributed by atoms with E-state index in [0.29, 0.717) is 6.61 Å². The zero-order valence-corrected chi connectivity index (χ0v) is 11.1. The van der Waals surface area contributed by atoms with Gasteiger partial charge < -0.3 is 10.4 Å². The lowest BCUT2D eigenvalue weighted by molar-refractivity contribution is 0.282. The van der Waals surface area contributed by atoms with E-state index in [9.17, 15) is 0 Å². The molecule has 2 nitrogen and oxygen atoms in total. The Morgan fingerprint density at radius 1 is 0.688 bits per heavy atom. The van der Waals surface area contributed by atoms with Gasteiger partial charge in [0.25, 0.3) is 0 Å². The summed E-state index contributed by atoms with van der Waals surface area (Å²) in [5.41, 5.74) is 0. The van der Waals surface area contributed by atoms with E-state index in [4.69, 9.17) is 5.11 Å². The Hall–Kier alpha value is -0.0800. The lowest BCUT2D eigenvalue weighted by Gasteiger charge is -2.04. The standard InChI is InChI=1S/C14H31NO/c1-2-3-4-6-9-12-15-13-10-7-5-8-11-14-16/h15-16H,2-14H2,1H3. The van der Waals surface area contributed by atoms with Crippen LogP contribution in [0.15, 0.2) is 0 Å². The normalized spacial score (nSPS) is 10.9. The van der Waals surface area contributed by atoms with Crippen molar-refractivity contribution in [1.29, 1.82) is 0 Å². The molecule has 0 aliphatic carbocycles. The molecule has 0 heterocycles. The van der Waals surface area contributed by atoms with E-state index in [0.717, 1.165) is 6.42 Å². The van der Waals surface area contributed by atoms with Crippen molar-refractivity contribution in [3.05, 3.63) is 0 Å². The van der Waals surface area contributed by atoms with Crippen molar-refractivity contribution in [3.63, 3.8) is 0 Å². The zero-order valence-electron chi connectivity index (χ0n) is 11.1. The summed E-state index contributed by atoms with van der Waals surface area (Å²) in [6, 6.07) is 0. The number of aliphatic hydroxyl groups excluding tert-OH is 1. The third-order valence-corrected chi connectivity index (χ3v) is 2.97. The summed E-state index contributed by atoms with van der Waals surface area (Å²) in [5.74, 6) is 0. The molecule has 0 aliphatic heterocycles. The van der Waals surface area contributed by atoms with Crippen LogP contribution in [0.1, 0.15) is 71.1 Å². The Bertz CT molecular complexity index is 103. The molecule has 0 rings (SSSR count). The van der Waals surface area contributed by atoms with Gasteiger partial charge in [0.1, 0.15) is 0 Å². The minimum Gasteiger partial charge on any atom is -0.396 e. The molecule has 0 aliphatic rings. The first-order valence-electron chi connectivity index (χ1n) is 7.23. The second-order valence-electron chi connectivity index (χ2n) is 4.66. The highest BCUT2D eigenvalue weighted by molar-refractivity contribution is 4.51. The molecule has 0 aromatic rings. The summed E-state index contributed by atoms with van der Waals surface area (Å²) in [7, 11) is 0. The number of unbranched alkanes of at least 4 members (excludes halogenated alkanes) is 8. The quantitative estimate of drug-likeness (QED) is 0.474. The van der Waals surface area contributed by atoms with Crippen LogP contribution in [0.5, 0.6) is 0 Å². The van der Waals surface area contributed by atoms with Crippen molar-refractivity contribution in [2.45, 2.75) is 71.1 Å². The average Bonchev–Trinajstić information content (AvgIpc) is 2.31. The van der Waals surface area contributed by atoms with Crippen molar-refractivity contribution in [3.8, 4) is 0 Å². The maximum absolute atomic E-state index is 8.62. The van der Waals surface area contributed by atoms with Crippen molar-refractivity contribution < 1.29 is 5.11 Å². The summed E-state index contributed by atoms with van der Waals surface area (Å²) in [6.07, 6.45) is 12.9. The third-order valence-electron chi connectivity index (χ3n) is 2.97. The van der Waals surface area contributed by atoms with Gasteiger partial charge in [0.05, 0.1) is 0 Å². The summed E-state index contributed by atoms with van der Waals surface area (Å²) >= 11 is 0. The lowest BCUT2D eigenvalue weighted by atomic mass is 10.1. The smallest absolute Gasteiger partial charge is 0.0431 e. The molecule has 0 aromatic carbocycles. The molecule has 2 heteroatoms. The van der Waals surface area contributed by atoms with Crippen LogP contribution in [-0.4, -0.2) is 24.8 Å². The number of hydrogen-bond acceptors (Lipinski definition) is 2. The molecular formula is C14H31NO. The Labute approximate surface area is 102 Å². The fourth-order valence-corrected chi connectivity index (χ4v) is 1.87. The fourth-order valence-electron chi connectivity index (χ4n) is 1.87. The number of nitrogens with one attached hydrogen (secondary N) is 1. The maximum Gasteiger partial charge on any atom is 0.0431 e. The highest BCUT2D eigenvalue weighted by Gasteiger charge is 1.91. The largest absolute Gasteiger partial charge is 0.396 e. The van der Waals surface area contributed by atoms with Gasteiger partial charge in [-0.1, -0.05) is 51.9 Å². The molecule has 0 saturated heterocycles. The minimum absolute atomic E-state index is 0.357. The van der Waals surface area contributed by atoms with E-state index in [1.165, 1.54) is 70.9 Å². The van der Waals surface area contributed by atoms with Gasteiger partial charge in [0, 0.05) is 6.61 Å². The molecule has 0 amide bonds. The molecular weight excluding hydrogens is 198 g/mol. The zero-order chi connectivity index (χ0) is 11.9. The van der Waals surface area contributed by atoms with E-state index in [1.54, 1.807) is 0 Å². The first-order valence-corrected chi connectivity index (χ1v) is 7.23. The van der Waals surface area contributed by atoms with Crippen LogP contribution in [0.4, 0.5) is 0 Å². The van der Waals surface area contributed by atoms with Gasteiger partial charge in [-0.25, -0.2) is 0 Å². The van der Waals surface area contributed by atoms with Crippen LogP contribution in [-0.2, 0) is 0 Å². The van der Waals surface area contributed by atoms with E-state index in [2.05, 4.69) is 12.2 Å². The van der Waals surface area contributed by atoms with Crippen molar-refractivity contribution in [2.24, 2.45) is 0 Å². The SMILES string of the molecule is CCCCCCCNCCCCCCCO. The van der Waals surface area contributed by atoms with Gasteiger partial charge in [-0.15, -0.1) is 0 Å². The van der Waals surface area contributed by atoms with Gasteiger partial charge in [-0.2, -0.15) is 0 Å². The molecule has 0 bridgehead atoms. The average molecular weight is 229 g/mol. The summed E-state index contributed by atoms with van der Waals surface area (Å²) < 4.78 is 0. The predicted molar refractivity (Wildman–Crippen MR) is 71.8 cm³/mol. The van der Waals surface area contributed by atoms with Crippen LogP contribution in [0, 0.1) is 0 Å².